The molecule has 1 saturated heterocycles. The van der Waals surface area contributed by atoms with Gasteiger partial charge >= 0.3 is 0 Å². The number of hydrogen-bond donors (Lipinski definition) is 1. The fourth-order valence-electron chi connectivity index (χ4n) is 2.42. The van der Waals surface area contributed by atoms with Gasteiger partial charge in [-0.25, -0.2) is 0 Å². The maximum absolute atomic E-state index is 5.39. The minimum atomic E-state index is 0.746. The Morgan fingerprint density at radius 2 is 2.41 bits per heavy atom. The summed E-state index contributed by atoms with van der Waals surface area (Å²) >= 11 is 0. The van der Waals surface area contributed by atoms with Gasteiger partial charge in [0, 0.05) is 6.54 Å². The summed E-state index contributed by atoms with van der Waals surface area (Å²) in [5.74, 6) is 2.64. The number of nitrogens with one attached hydrogen (secondary N) is 1. The molecule has 0 amide bonds. The largest absolute Gasteiger partial charge is 0.468 e. The Morgan fingerprint density at radius 1 is 1.53 bits per heavy atom. The molecule has 3 heteroatoms. The van der Waals surface area contributed by atoms with Crippen molar-refractivity contribution in [1.29, 1.82) is 0 Å². The van der Waals surface area contributed by atoms with Crippen LogP contribution in [0.25, 0.3) is 0 Å². The highest BCUT2D eigenvalue weighted by atomic mass is 16.3. The smallest absolute Gasteiger partial charge is 0.117 e. The van der Waals surface area contributed by atoms with E-state index in [9.17, 15) is 0 Å². The molecule has 1 N–H and O–H groups in total. The third kappa shape index (κ3) is 4.17. The molecule has 0 aliphatic carbocycles. The Morgan fingerprint density at radius 3 is 3.12 bits per heavy atom. The molecule has 1 aromatic rings. The van der Waals surface area contributed by atoms with Gasteiger partial charge in [-0.3, -0.25) is 4.90 Å². The fourth-order valence-corrected chi connectivity index (χ4v) is 2.42. The van der Waals surface area contributed by atoms with Crippen LogP contribution in [0.1, 0.15) is 26.0 Å². The summed E-state index contributed by atoms with van der Waals surface area (Å²) in [6.45, 7) is 10.2. The Bertz CT molecular complexity index is 308. The molecule has 3 nitrogen and oxygen atoms in total. The molecule has 96 valence electrons. The lowest BCUT2D eigenvalue weighted by atomic mass is 10.1. The number of furan rings is 1. The van der Waals surface area contributed by atoms with Gasteiger partial charge in [0.2, 0.25) is 0 Å². The quantitative estimate of drug-likeness (QED) is 0.822. The highest BCUT2D eigenvalue weighted by molar-refractivity contribution is 4.98. The van der Waals surface area contributed by atoms with E-state index in [1.54, 1.807) is 6.26 Å². The molecule has 0 aromatic carbocycles. The van der Waals surface area contributed by atoms with Crippen molar-refractivity contribution in [3.8, 4) is 0 Å². The van der Waals surface area contributed by atoms with Gasteiger partial charge in [-0.2, -0.15) is 0 Å². The molecule has 0 saturated carbocycles. The summed E-state index contributed by atoms with van der Waals surface area (Å²) in [6, 6.07) is 4.03. The molecule has 1 aliphatic rings. The van der Waals surface area contributed by atoms with Gasteiger partial charge in [-0.15, -0.1) is 0 Å². The third-order valence-electron chi connectivity index (χ3n) is 3.32. The van der Waals surface area contributed by atoms with E-state index in [1.807, 2.05) is 6.07 Å². The molecule has 0 radical (unpaired) electrons. The first-order valence-electron chi connectivity index (χ1n) is 6.69. The number of hydrogen-bond acceptors (Lipinski definition) is 3. The monoisotopic (exact) mass is 236 g/mol. The van der Waals surface area contributed by atoms with Gasteiger partial charge in [-0.05, 0) is 50.0 Å². The van der Waals surface area contributed by atoms with Crippen molar-refractivity contribution in [2.24, 2.45) is 11.8 Å². The van der Waals surface area contributed by atoms with E-state index in [1.165, 1.54) is 19.5 Å². The standard InChI is InChI=1S/C14H24N2O/c1-12(2)8-15-9-13-5-6-16(10-13)11-14-4-3-7-17-14/h3-4,7,12-13,15H,5-6,8-11H2,1-2H3. The summed E-state index contributed by atoms with van der Waals surface area (Å²) in [5, 5.41) is 3.56. The van der Waals surface area contributed by atoms with Crippen LogP contribution in [0.4, 0.5) is 0 Å². The van der Waals surface area contributed by atoms with E-state index in [4.69, 9.17) is 4.42 Å². The summed E-state index contributed by atoms with van der Waals surface area (Å²) in [6.07, 6.45) is 3.07. The van der Waals surface area contributed by atoms with E-state index >= 15 is 0 Å². The van der Waals surface area contributed by atoms with Crippen LogP contribution in [0.5, 0.6) is 0 Å². The number of nitrogens with zero attached hydrogens (tertiary/aromatic N) is 1. The molecule has 17 heavy (non-hydrogen) atoms. The van der Waals surface area contributed by atoms with Gasteiger partial charge < -0.3 is 9.73 Å². The molecular weight excluding hydrogens is 212 g/mol. The SMILES string of the molecule is CC(C)CNCC1CCN(Cc2ccco2)C1. The topological polar surface area (TPSA) is 28.4 Å². The fraction of sp³-hybridized carbons (Fsp3) is 0.714. The Hall–Kier alpha value is -0.800. The van der Waals surface area contributed by atoms with Crippen molar-refractivity contribution < 1.29 is 4.42 Å². The van der Waals surface area contributed by atoms with Crippen molar-refractivity contribution in [3.63, 3.8) is 0 Å². The van der Waals surface area contributed by atoms with Crippen LogP contribution in [0.2, 0.25) is 0 Å². The van der Waals surface area contributed by atoms with Crippen LogP contribution >= 0.6 is 0 Å². The van der Waals surface area contributed by atoms with Crippen LogP contribution in [-0.2, 0) is 6.54 Å². The molecule has 1 aliphatic heterocycles. The predicted octanol–water partition coefficient (Wildman–Crippen LogP) is 2.35. The molecule has 1 aromatic heterocycles. The number of likely N-dealkylation sites (tertiary alicyclic amines) is 1. The molecule has 1 unspecified atom stereocenters. The van der Waals surface area contributed by atoms with Crippen molar-refractivity contribution in [2.45, 2.75) is 26.8 Å². The highest BCUT2D eigenvalue weighted by Gasteiger charge is 2.22. The van der Waals surface area contributed by atoms with Crippen LogP contribution in [-0.4, -0.2) is 31.1 Å². The van der Waals surface area contributed by atoms with Crippen LogP contribution in [0.15, 0.2) is 22.8 Å². The third-order valence-corrected chi connectivity index (χ3v) is 3.32. The summed E-state index contributed by atoms with van der Waals surface area (Å²) in [7, 11) is 0. The van der Waals surface area contributed by atoms with E-state index in [0.29, 0.717) is 0 Å². The van der Waals surface area contributed by atoms with Crippen LogP contribution in [0, 0.1) is 11.8 Å². The molecule has 0 bridgehead atoms. The minimum Gasteiger partial charge on any atom is -0.468 e. The van der Waals surface area contributed by atoms with Crippen LogP contribution < -0.4 is 5.32 Å². The summed E-state index contributed by atoms with van der Waals surface area (Å²) in [5.41, 5.74) is 0. The first kappa shape index (κ1) is 12.7. The second kappa shape index (κ2) is 6.22. The van der Waals surface area contributed by atoms with E-state index in [-0.39, 0.29) is 0 Å². The Labute approximate surface area is 104 Å². The summed E-state index contributed by atoms with van der Waals surface area (Å²) in [4.78, 5) is 2.49. The first-order chi connectivity index (χ1) is 8.24. The lowest BCUT2D eigenvalue weighted by molar-refractivity contribution is 0.284. The normalized spacial score (nSPS) is 21.5. The van der Waals surface area contributed by atoms with Crippen molar-refractivity contribution in [2.75, 3.05) is 26.2 Å². The lowest BCUT2D eigenvalue weighted by Crippen LogP contribution is -2.28. The molecule has 1 fully saturated rings. The van der Waals surface area contributed by atoms with Gasteiger partial charge in [0.15, 0.2) is 0 Å². The first-order valence-corrected chi connectivity index (χ1v) is 6.69. The Kier molecular flexibility index (Phi) is 4.63. The molecular formula is C14H24N2O. The average molecular weight is 236 g/mol. The molecule has 2 rings (SSSR count). The van der Waals surface area contributed by atoms with Gasteiger partial charge in [0.1, 0.15) is 5.76 Å². The number of rotatable bonds is 6. The van der Waals surface area contributed by atoms with E-state index in [0.717, 1.165) is 37.2 Å². The zero-order valence-corrected chi connectivity index (χ0v) is 11.0. The average Bonchev–Trinajstić information content (AvgIpc) is 2.90. The van der Waals surface area contributed by atoms with Crippen LogP contribution in [0.3, 0.4) is 0 Å². The van der Waals surface area contributed by atoms with Gasteiger partial charge in [0.05, 0.1) is 12.8 Å². The zero-order chi connectivity index (χ0) is 12.1. The van der Waals surface area contributed by atoms with E-state index in [2.05, 4.69) is 30.1 Å². The maximum Gasteiger partial charge on any atom is 0.117 e. The summed E-state index contributed by atoms with van der Waals surface area (Å²) < 4.78 is 5.39. The molecule has 2 heterocycles. The molecule has 1 atom stereocenters. The van der Waals surface area contributed by atoms with Crippen molar-refractivity contribution in [1.82, 2.24) is 10.2 Å². The second-order valence-electron chi connectivity index (χ2n) is 5.52. The Balaban J connectivity index is 1.65. The van der Waals surface area contributed by atoms with Crippen molar-refractivity contribution >= 4 is 0 Å². The predicted molar refractivity (Wildman–Crippen MR) is 69.8 cm³/mol. The van der Waals surface area contributed by atoms with Gasteiger partial charge in [0.25, 0.3) is 0 Å². The highest BCUT2D eigenvalue weighted by Crippen LogP contribution is 2.18. The molecule has 0 spiro atoms. The second-order valence-corrected chi connectivity index (χ2v) is 5.52. The van der Waals surface area contributed by atoms with Crippen molar-refractivity contribution in [3.05, 3.63) is 24.2 Å². The van der Waals surface area contributed by atoms with E-state index < -0.39 is 0 Å². The van der Waals surface area contributed by atoms with Gasteiger partial charge in [-0.1, -0.05) is 13.8 Å². The lowest BCUT2D eigenvalue weighted by Gasteiger charge is -2.15. The zero-order valence-electron chi connectivity index (χ0n) is 11.0. The maximum atomic E-state index is 5.39. The minimum absolute atomic E-state index is 0.746.